The first kappa shape index (κ1) is 18.7. The van der Waals surface area contributed by atoms with Crippen molar-refractivity contribution in [3.8, 4) is 5.75 Å². The van der Waals surface area contributed by atoms with Crippen LogP contribution in [0.4, 0.5) is 0 Å². The summed E-state index contributed by atoms with van der Waals surface area (Å²) in [6.45, 7) is 6.63. The molecule has 0 heterocycles. The Bertz CT molecular complexity index is 411. The second kappa shape index (κ2) is 9.61. The molecule has 0 aliphatic carbocycles. The number of hydrogen-bond acceptors (Lipinski definition) is 3. The van der Waals surface area contributed by atoms with E-state index < -0.39 is 0 Å². The first-order valence-electron chi connectivity index (χ1n) is 6.70. The second-order valence-corrected chi connectivity index (χ2v) is 4.98. The molecule has 0 fully saturated rings. The zero-order valence-corrected chi connectivity index (χ0v) is 13.4. The molecule has 0 aliphatic rings. The van der Waals surface area contributed by atoms with Crippen molar-refractivity contribution in [3.05, 3.63) is 29.8 Å². The lowest BCUT2D eigenvalue weighted by Gasteiger charge is -2.12. The molecule has 1 amide bonds. The SMILES string of the molecule is CNC(C)CNC(=O)Cc1cccc(OC(C)C)c1.Cl. The summed E-state index contributed by atoms with van der Waals surface area (Å²) >= 11 is 0. The van der Waals surface area contributed by atoms with E-state index in [1.165, 1.54) is 0 Å². The molecule has 4 nitrogen and oxygen atoms in total. The van der Waals surface area contributed by atoms with Gasteiger partial charge < -0.3 is 15.4 Å². The largest absolute Gasteiger partial charge is 0.491 e. The standard InChI is InChI=1S/C15H24N2O2.ClH/c1-11(2)19-14-7-5-6-13(8-14)9-15(18)17-10-12(3)16-4;/h5-8,11-12,16H,9-10H2,1-4H3,(H,17,18);1H. The lowest BCUT2D eigenvalue weighted by Crippen LogP contribution is -2.37. The van der Waals surface area contributed by atoms with Gasteiger partial charge in [-0.05, 0) is 45.5 Å². The molecule has 2 N–H and O–H groups in total. The minimum Gasteiger partial charge on any atom is -0.491 e. The van der Waals surface area contributed by atoms with Crippen molar-refractivity contribution in [2.75, 3.05) is 13.6 Å². The molecule has 0 bridgehead atoms. The van der Waals surface area contributed by atoms with Crippen molar-refractivity contribution in [2.45, 2.75) is 39.3 Å². The van der Waals surface area contributed by atoms with Crippen molar-refractivity contribution >= 4 is 18.3 Å². The molecule has 114 valence electrons. The van der Waals surface area contributed by atoms with Crippen LogP contribution in [0.25, 0.3) is 0 Å². The van der Waals surface area contributed by atoms with Gasteiger partial charge in [0.15, 0.2) is 0 Å². The van der Waals surface area contributed by atoms with Crippen LogP contribution in [0.15, 0.2) is 24.3 Å². The Hall–Kier alpha value is -1.26. The van der Waals surface area contributed by atoms with E-state index in [2.05, 4.69) is 10.6 Å². The predicted molar refractivity (Wildman–Crippen MR) is 84.7 cm³/mol. The summed E-state index contributed by atoms with van der Waals surface area (Å²) < 4.78 is 5.61. The summed E-state index contributed by atoms with van der Waals surface area (Å²) in [7, 11) is 1.88. The molecule has 1 rings (SSSR count). The van der Waals surface area contributed by atoms with Gasteiger partial charge in [-0.15, -0.1) is 12.4 Å². The predicted octanol–water partition coefficient (Wildman–Crippen LogP) is 2.16. The first-order valence-corrected chi connectivity index (χ1v) is 6.70. The molecule has 1 unspecified atom stereocenters. The molecule has 0 spiro atoms. The number of amides is 1. The van der Waals surface area contributed by atoms with Crippen molar-refractivity contribution in [3.63, 3.8) is 0 Å². The van der Waals surface area contributed by atoms with Gasteiger partial charge in [0, 0.05) is 12.6 Å². The average molecular weight is 301 g/mol. The lowest BCUT2D eigenvalue weighted by atomic mass is 10.1. The zero-order chi connectivity index (χ0) is 14.3. The number of carbonyl (C=O) groups excluding carboxylic acids is 1. The topological polar surface area (TPSA) is 50.4 Å². The summed E-state index contributed by atoms with van der Waals surface area (Å²) in [5, 5.41) is 5.98. The third-order valence-corrected chi connectivity index (χ3v) is 2.73. The van der Waals surface area contributed by atoms with Crippen molar-refractivity contribution in [1.29, 1.82) is 0 Å². The van der Waals surface area contributed by atoms with Gasteiger partial charge in [-0.2, -0.15) is 0 Å². The Morgan fingerprint density at radius 2 is 2.00 bits per heavy atom. The molecule has 1 atom stereocenters. The number of benzene rings is 1. The Kier molecular flexibility index (Phi) is 9.01. The average Bonchev–Trinajstić information content (AvgIpc) is 2.35. The molecule has 0 aliphatic heterocycles. The van der Waals surface area contributed by atoms with Crippen LogP contribution in [0.2, 0.25) is 0 Å². The number of hydrogen-bond donors (Lipinski definition) is 2. The molecule has 1 aromatic carbocycles. The zero-order valence-electron chi connectivity index (χ0n) is 12.6. The van der Waals surface area contributed by atoms with E-state index >= 15 is 0 Å². The van der Waals surface area contributed by atoms with Gasteiger partial charge in [0.05, 0.1) is 12.5 Å². The highest BCUT2D eigenvalue weighted by molar-refractivity contribution is 5.85. The molecule has 0 saturated carbocycles. The van der Waals surface area contributed by atoms with Crippen LogP contribution in [0.3, 0.4) is 0 Å². The van der Waals surface area contributed by atoms with E-state index in [0.29, 0.717) is 13.0 Å². The van der Waals surface area contributed by atoms with Gasteiger partial charge in [0.1, 0.15) is 5.75 Å². The minimum absolute atomic E-state index is 0. The molecule has 0 saturated heterocycles. The van der Waals surface area contributed by atoms with E-state index in [4.69, 9.17) is 4.74 Å². The Labute approximate surface area is 127 Å². The smallest absolute Gasteiger partial charge is 0.224 e. The summed E-state index contributed by atoms with van der Waals surface area (Å²) in [4.78, 5) is 11.8. The fourth-order valence-electron chi connectivity index (χ4n) is 1.62. The van der Waals surface area contributed by atoms with Crippen molar-refractivity contribution < 1.29 is 9.53 Å². The highest BCUT2D eigenvalue weighted by Gasteiger charge is 2.06. The highest BCUT2D eigenvalue weighted by Crippen LogP contribution is 2.15. The van der Waals surface area contributed by atoms with Crippen LogP contribution in [0, 0.1) is 0 Å². The normalized spacial score (nSPS) is 11.7. The number of ether oxygens (including phenoxy) is 1. The fourth-order valence-corrected chi connectivity index (χ4v) is 1.62. The second-order valence-electron chi connectivity index (χ2n) is 4.98. The third kappa shape index (κ3) is 7.36. The molecule has 1 aromatic rings. The van der Waals surface area contributed by atoms with Crippen molar-refractivity contribution in [2.24, 2.45) is 0 Å². The van der Waals surface area contributed by atoms with E-state index in [9.17, 15) is 4.79 Å². The number of likely N-dealkylation sites (N-methyl/N-ethyl adjacent to an activating group) is 1. The number of carbonyl (C=O) groups is 1. The maximum atomic E-state index is 11.8. The van der Waals surface area contributed by atoms with Crippen LogP contribution < -0.4 is 15.4 Å². The Morgan fingerprint density at radius 1 is 1.30 bits per heavy atom. The van der Waals surface area contributed by atoms with Crippen LogP contribution in [0.1, 0.15) is 26.3 Å². The molecular formula is C15H25ClN2O2. The summed E-state index contributed by atoms with van der Waals surface area (Å²) in [5.41, 5.74) is 0.966. The Morgan fingerprint density at radius 3 is 2.60 bits per heavy atom. The maximum absolute atomic E-state index is 11.8. The molecule has 5 heteroatoms. The Balaban J connectivity index is 0.00000361. The highest BCUT2D eigenvalue weighted by atomic mass is 35.5. The fraction of sp³-hybridized carbons (Fsp3) is 0.533. The van der Waals surface area contributed by atoms with Gasteiger partial charge in [0.25, 0.3) is 0 Å². The van der Waals surface area contributed by atoms with Gasteiger partial charge in [-0.3, -0.25) is 4.79 Å². The molecule has 20 heavy (non-hydrogen) atoms. The maximum Gasteiger partial charge on any atom is 0.224 e. The molecule has 0 radical (unpaired) electrons. The van der Waals surface area contributed by atoms with Crippen LogP contribution in [-0.2, 0) is 11.2 Å². The van der Waals surface area contributed by atoms with Gasteiger partial charge in [-0.1, -0.05) is 12.1 Å². The van der Waals surface area contributed by atoms with Crippen LogP contribution in [-0.4, -0.2) is 31.6 Å². The third-order valence-electron chi connectivity index (χ3n) is 2.73. The number of nitrogens with one attached hydrogen (secondary N) is 2. The number of rotatable bonds is 7. The van der Waals surface area contributed by atoms with E-state index in [1.54, 1.807) is 0 Å². The quantitative estimate of drug-likeness (QED) is 0.811. The minimum atomic E-state index is 0. The summed E-state index contributed by atoms with van der Waals surface area (Å²) in [6.07, 6.45) is 0.520. The first-order chi connectivity index (χ1) is 9.01. The van der Waals surface area contributed by atoms with Gasteiger partial charge in [0.2, 0.25) is 5.91 Å². The molecule has 0 aromatic heterocycles. The van der Waals surface area contributed by atoms with E-state index in [1.807, 2.05) is 52.1 Å². The van der Waals surface area contributed by atoms with Crippen LogP contribution >= 0.6 is 12.4 Å². The van der Waals surface area contributed by atoms with Crippen LogP contribution in [0.5, 0.6) is 5.75 Å². The van der Waals surface area contributed by atoms with Gasteiger partial charge >= 0.3 is 0 Å². The molecular weight excluding hydrogens is 276 g/mol. The van der Waals surface area contributed by atoms with Gasteiger partial charge in [-0.25, -0.2) is 0 Å². The number of halogens is 1. The van der Waals surface area contributed by atoms with E-state index in [-0.39, 0.29) is 30.5 Å². The lowest BCUT2D eigenvalue weighted by molar-refractivity contribution is -0.120. The van der Waals surface area contributed by atoms with E-state index in [0.717, 1.165) is 11.3 Å². The summed E-state index contributed by atoms with van der Waals surface area (Å²) in [5.74, 6) is 0.840. The summed E-state index contributed by atoms with van der Waals surface area (Å²) in [6, 6.07) is 7.95. The van der Waals surface area contributed by atoms with Crippen molar-refractivity contribution in [1.82, 2.24) is 10.6 Å². The monoisotopic (exact) mass is 300 g/mol.